The lowest BCUT2D eigenvalue weighted by Crippen LogP contribution is -2.41. The molecule has 0 radical (unpaired) electrons. The van der Waals surface area contributed by atoms with Gasteiger partial charge >= 0.3 is 0 Å². The van der Waals surface area contributed by atoms with E-state index in [1.807, 2.05) is 0 Å². The molecule has 1 saturated carbocycles. The maximum atomic E-state index is 12.8. The summed E-state index contributed by atoms with van der Waals surface area (Å²) >= 11 is 1.71. The highest BCUT2D eigenvalue weighted by Crippen LogP contribution is 2.34. The third kappa shape index (κ3) is 2.63. The third-order valence-corrected chi connectivity index (χ3v) is 5.30. The highest BCUT2D eigenvalue weighted by Gasteiger charge is 2.42. The lowest BCUT2D eigenvalue weighted by atomic mass is 9.93. The number of nitrogens with one attached hydrogen (secondary N) is 1. The average molecular weight is 292 g/mol. The molecule has 3 rings (SSSR count). The highest BCUT2D eigenvalue weighted by atomic mass is 32.1. The number of carbonyl (C=O) groups is 1. The summed E-state index contributed by atoms with van der Waals surface area (Å²) in [5, 5.41) is 7.86. The summed E-state index contributed by atoms with van der Waals surface area (Å²) in [6.07, 6.45) is 8.31. The van der Waals surface area contributed by atoms with Gasteiger partial charge in [0.2, 0.25) is 5.91 Å². The minimum absolute atomic E-state index is 0.0202. The van der Waals surface area contributed by atoms with E-state index >= 15 is 0 Å². The van der Waals surface area contributed by atoms with Crippen molar-refractivity contribution in [1.82, 2.24) is 10.2 Å². The van der Waals surface area contributed by atoms with Crippen LogP contribution in [0, 0.1) is 0 Å². The molecule has 0 bridgehead atoms. The van der Waals surface area contributed by atoms with Crippen LogP contribution < -0.4 is 5.32 Å². The molecule has 2 fully saturated rings. The predicted molar refractivity (Wildman–Crippen MR) is 82.6 cm³/mol. The molecular formula is C16H24N2OS. The number of hydrogen-bond acceptors (Lipinski definition) is 3. The van der Waals surface area contributed by atoms with E-state index in [-0.39, 0.29) is 12.2 Å². The topological polar surface area (TPSA) is 32.3 Å². The van der Waals surface area contributed by atoms with Crippen molar-refractivity contribution in [2.75, 3.05) is 0 Å². The van der Waals surface area contributed by atoms with Gasteiger partial charge < -0.3 is 4.90 Å². The lowest BCUT2D eigenvalue weighted by molar-refractivity contribution is -0.133. The van der Waals surface area contributed by atoms with Crippen molar-refractivity contribution in [2.24, 2.45) is 0 Å². The molecule has 4 heteroatoms. The molecule has 1 amide bonds. The number of rotatable bonds is 4. The molecule has 1 saturated heterocycles. The van der Waals surface area contributed by atoms with Crippen molar-refractivity contribution in [3.8, 4) is 0 Å². The van der Waals surface area contributed by atoms with Crippen LogP contribution in [0.5, 0.6) is 0 Å². The van der Waals surface area contributed by atoms with Crippen LogP contribution in [0.3, 0.4) is 0 Å². The summed E-state index contributed by atoms with van der Waals surface area (Å²) < 4.78 is 0. The summed E-state index contributed by atoms with van der Waals surface area (Å²) in [4.78, 5) is 14.9. The van der Waals surface area contributed by atoms with Gasteiger partial charge in [-0.05, 0) is 41.7 Å². The highest BCUT2D eigenvalue weighted by molar-refractivity contribution is 7.07. The lowest BCUT2D eigenvalue weighted by Gasteiger charge is -2.35. The first kappa shape index (κ1) is 14.1. The van der Waals surface area contributed by atoms with Gasteiger partial charge in [-0.3, -0.25) is 10.1 Å². The second kappa shape index (κ2) is 6.27. The Kier molecular flexibility index (Phi) is 4.41. The van der Waals surface area contributed by atoms with Crippen LogP contribution in [0.1, 0.15) is 63.6 Å². The fourth-order valence-corrected chi connectivity index (χ4v) is 4.26. The third-order valence-electron chi connectivity index (χ3n) is 4.59. The van der Waals surface area contributed by atoms with Crippen molar-refractivity contribution in [1.29, 1.82) is 0 Å². The molecule has 1 aromatic rings. The smallest absolute Gasteiger partial charge is 0.241 e. The van der Waals surface area contributed by atoms with Crippen LogP contribution in [0.15, 0.2) is 16.8 Å². The van der Waals surface area contributed by atoms with Gasteiger partial charge in [-0.2, -0.15) is 11.3 Å². The molecule has 1 N–H and O–H groups in total. The van der Waals surface area contributed by atoms with E-state index in [4.69, 9.17) is 0 Å². The Hall–Kier alpha value is -0.870. The quantitative estimate of drug-likeness (QED) is 0.918. The van der Waals surface area contributed by atoms with E-state index in [1.54, 1.807) is 11.3 Å². The van der Waals surface area contributed by atoms with Crippen LogP contribution in [0.4, 0.5) is 0 Å². The Morgan fingerprint density at radius 2 is 2.15 bits per heavy atom. The molecule has 0 spiro atoms. The van der Waals surface area contributed by atoms with E-state index in [9.17, 15) is 4.79 Å². The Balaban J connectivity index is 1.83. The molecule has 2 heterocycles. The molecule has 1 aromatic heterocycles. The van der Waals surface area contributed by atoms with Gasteiger partial charge in [-0.1, -0.05) is 32.6 Å². The summed E-state index contributed by atoms with van der Waals surface area (Å²) in [5.74, 6) is 0.329. The number of thiophene rings is 1. The zero-order valence-corrected chi connectivity index (χ0v) is 13.0. The van der Waals surface area contributed by atoms with E-state index in [0.29, 0.717) is 11.9 Å². The molecule has 110 valence electrons. The predicted octanol–water partition coefficient (Wildman–Crippen LogP) is 3.68. The number of hydrogen-bond donors (Lipinski definition) is 1. The zero-order valence-electron chi connectivity index (χ0n) is 12.2. The molecule has 0 aromatic carbocycles. The van der Waals surface area contributed by atoms with Gasteiger partial charge in [0.1, 0.15) is 6.17 Å². The SMILES string of the molecule is CCCC1NC(c2ccsc2)N(C2CCCCC2)C1=O. The van der Waals surface area contributed by atoms with Crippen molar-refractivity contribution in [3.63, 3.8) is 0 Å². The minimum Gasteiger partial charge on any atom is -0.319 e. The summed E-state index contributed by atoms with van der Waals surface area (Å²) in [5.41, 5.74) is 1.26. The van der Waals surface area contributed by atoms with E-state index in [2.05, 4.69) is 34.0 Å². The Labute approximate surface area is 125 Å². The molecule has 1 aliphatic carbocycles. The summed E-state index contributed by atoms with van der Waals surface area (Å²) in [7, 11) is 0. The van der Waals surface area contributed by atoms with E-state index in [0.717, 1.165) is 12.8 Å². The van der Waals surface area contributed by atoms with Crippen LogP contribution in [0.25, 0.3) is 0 Å². The fourth-order valence-electron chi connectivity index (χ4n) is 3.58. The van der Waals surface area contributed by atoms with E-state index in [1.165, 1.54) is 37.7 Å². The largest absolute Gasteiger partial charge is 0.319 e. The first-order valence-electron chi connectivity index (χ1n) is 7.91. The van der Waals surface area contributed by atoms with E-state index < -0.39 is 0 Å². The van der Waals surface area contributed by atoms with Gasteiger partial charge in [0.15, 0.2) is 0 Å². The number of carbonyl (C=O) groups excluding carboxylic acids is 1. The van der Waals surface area contributed by atoms with Crippen molar-refractivity contribution in [3.05, 3.63) is 22.4 Å². The van der Waals surface area contributed by atoms with Crippen LogP contribution in [-0.4, -0.2) is 22.9 Å². The number of nitrogens with zero attached hydrogens (tertiary/aromatic N) is 1. The van der Waals surface area contributed by atoms with Crippen LogP contribution in [-0.2, 0) is 4.79 Å². The molecule has 20 heavy (non-hydrogen) atoms. The second-order valence-corrected chi connectivity index (χ2v) is 6.78. The standard InChI is InChI=1S/C16H24N2OS/c1-2-6-14-16(19)18(13-7-4-3-5-8-13)15(17-14)12-9-10-20-11-12/h9-11,13-15,17H,2-8H2,1H3. The Morgan fingerprint density at radius 3 is 2.80 bits per heavy atom. The van der Waals surface area contributed by atoms with Crippen molar-refractivity contribution in [2.45, 2.75) is 70.1 Å². The van der Waals surface area contributed by atoms with Gasteiger partial charge in [0, 0.05) is 6.04 Å². The number of amides is 1. The maximum absolute atomic E-state index is 12.8. The Bertz CT molecular complexity index is 439. The van der Waals surface area contributed by atoms with Gasteiger partial charge in [0.05, 0.1) is 6.04 Å². The molecule has 1 aliphatic heterocycles. The molecule has 2 unspecified atom stereocenters. The average Bonchev–Trinajstić information content (AvgIpc) is 3.09. The molecular weight excluding hydrogens is 268 g/mol. The first-order valence-corrected chi connectivity index (χ1v) is 8.86. The minimum atomic E-state index is 0.0202. The van der Waals surface area contributed by atoms with Crippen molar-refractivity contribution >= 4 is 17.2 Å². The molecule has 3 nitrogen and oxygen atoms in total. The van der Waals surface area contributed by atoms with Crippen LogP contribution in [0.2, 0.25) is 0 Å². The first-order chi connectivity index (χ1) is 9.81. The van der Waals surface area contributed by atoms with Crippen molar-refractivity contribution < 1.29 is 4.79 Å². The summed E-state index contributed by atoms with van der Waals surface area (Å²) in [6.45, 7) is 2.15. The summed E-state index contributed by atoms with van der Waals surface area (Å²) in [6, 6.07) is 2.61. The second-order valence-electron chi connectivity index (χ2n) is 6.00. The monoisotopic (exact) mass is 292 g/mol. The normalized spacial score (nSPS) is 28.2. The Morgan fingerprint density at radius 1 is 1.35 bits per heavy atom. The maximum Gasteiger partial charge on any atom is 0.241 e. The zero-order chi connectivity index (χ0) is 13.9. The van der Waals surface area contributed by atoms with Gasteiger partial charge in [-0.25, -0.2) is 0 Å². The molecule has 2 atom stereocenters. The fraction of sp³-hybridized carbons (Fsp3) is 0.688. The van der Waals surface area contributed by atoms with Crippen LogP contribution >= 0.6 is 11.3 Å². The molecule has 2 aliphatic rings. The van der Waals surface area contributed by atoms with Gasteiger partial charge in [-0.15, -0.1) is 0 Å². The van der Waals surface area contributed by atoms with Gasteiger partial charge in [0.25, 0.3) is 0 Å².